The summed E-state index contributed by atoms with van der Waals surface area (Å²) in [5.74, 6) is 0. The van der Waals surface area contributed by atoms with Crippen LogP contribution in [0.15, 0.2) is 130 Å². The highest BCUT2D eigenvalue weighted by Gasteiger charge is 2.31. The molecule has 0 aromatic rings. The van der Waals surface area contributed by atoms with E-state index in [1.165, 1.54) is 33.4 Å². The molecule has 0 saturated carbocycles. The van der Waals surface area contributed by atoms with E-state index < -0.39 is 0 Å². The third-order valence-corrected chi connectivity index (χ3v) is 8.68. The molecule has 2 aliphatic carbocycles. The quantitative estimate of drug-likeness (QED) is 0.257. The summed E-state index contributed by atoms with van der Waals surface area (Å²) in [7, 11) is 0. The topological polar surface area (TPSA) is 40.5 Å². The monoisotopic (exact) mass is 568 g/mol. The van der Waals surface area contributed by atoms with Crippen LogP contribution in [0.25, 0.3) is 0 Å². The molecule has 0 amide bonds. The normalized spacial score (nSPS) is 25.0. The van der Waals surface area contributed by atoms with Crippen LogP contribution in [-0.4, -0.2) is 22.4 Å². The van der Waals surface area contributed by atoms with Crippen molar-refractivity contribution < 1.29 is 10.2 Å². The Morgan fingerprint density at radius 3 is 1.21 bits per heavy atom. The lowest BCUT2D eigenvalue weighted by atomic mass is 9.71. The van der Waals surface area contributed by atoms with Gasteiger partial charge >= 0.3 is 0 Å². The van der Waals surface area contributed by atoms with Gasteiger partial charge in [0, 0.05) is 0 Å². The molecule has 0 saturated heterocycles. The van der Waals surface area contributed by atoms with Gasteiger partial charge in [-0.3, -0.25) is 0 Å². The molecule has 2 rings (SSSR count). The lowest BCUT2D eigenvalue weighted by molar-refractivity contribution is 0.163. The fourth-order valence-corrected chi connectivity index (χ4v) is 5.61. The Labute approximate surface area is 257 Å². The van der Waals surface area contributed by atoms with Crippen molar-refractivity contribution in [2.24, 2.45) is 10.8 Å². The van der Waals surface area contributed by atoms with Gasteiger partial charge in [0.1, 0.15) is 0 Å². The third kappa shape index (κ3) is 11.0. The molecule has 2 N–H and O–H groups in total. The molecule has 0 aromatic heterocycles. The van der Waals surface area contributed by atoms with Crippen LogP contribution in [-0.2, 0) is 0 Å². The minimum absolute atomic E-state index is 0.104. The maximum absolute atomic E-state index is 10.3. The molecule has 0 aromatic carbocycles. The molecule has 0 spiro atoms. The van der Waals surface area contributed by atoms with Gasteiger partial charge < -0.3 is 10.2 Å². The van der Waals surface area contributed by atoms with Crippen molar-refractivity contribution >= 4 is 0 Å². The first-order valence-electron chi connectivity index (χ1n) is 15.5. The van der Waals surface area contributed by atoms with Gasteiger partial charge in [-0.15, -0.1) is 0 Å². The Morgan fingerprint density at radius 1 is 0.548 bits per heavy atom. The van der Waals surface area contributed by atoms with E-state index in [2.05, 4.69) is 154 Å². The zero-order valence-electron chi connectivity index (χ0n) is 28.0. The molecule has 2 atom stereocenters. The zero-order chi connectivity index (χ0) is 31.5. The first-order chi connectivity index (χ1) is 19.6. The molecule has 2 heteroatoms. The van der Waals surface area contributed by atoms with Gasteiger partial charge in [-0.2, -0.15) is 0 Å². The van der Waals surface area contributed by atoms with Crippen molar-refractivity contribution in [3.05, 3.63) is 130 Å². The SMILES string of the molecule is CC1=C(/C=C/C(C)=C/C=C/C(C)=C/C=C/C=C(C)/C=C/C=C(C)/C=C/C2=C(C)[C@H](O)CCC2(C)C)C(C)(C)CC[C@H]1O. The summed E-state index contributed by atoms with van der Waals surface area (Å²) in [4.78, 5) is 0. The van der Waals surface area contributed by atoms with Crippen molar-refractivity contribution in [3.8, 4) is 0 Å². The van der Waals surface area contributed by atoms with Crippen LogP contribution in [0.1, 0.15) is 94.9 Å². The first-order valence-corrected chi connectivity index (χ1v) is 15.5. The average Bonchev–Trinajstić information content (AvgIpc) is 2.91. The number of allylic oxidation sites excluding steroid dienone is 20. The van der Waals surface area contributed by atoms with Gasteiger partial charge in [0.05, 0.1) is 12.2 Å². The molecule has 42 heavy (non-hydrogen) atoms. The molecule has 0 unspecified atom stereocenters. The van der Waals surface area contributed by atoms with Crippen LogP contribution in [0, 0.1) is 10.8 Å². The minimum atomic E-state index is -0.315. The highest BCUT2D eigenvalue weighted by molar-refractivity contribution is 5.40. The number of hydrogen-bond donors (Lipinski definition) is 2. The molecular formula is C40H56O2. The Balaban J connectivity index is 1.92. The molecule has 0 bridgehead atoms. The van der Waals surface area contributed by atoms with E-state index in [4.69, 9.17) is 0 Å². The van der Waals surface area contributed by atoms with E-state index in [0.29, 0.717) is 0 Å². The van der Waals surface area contributed by atoms with E-state index in [1.54, 1.807) is 0 Å². The predicted molar refractivity (Wildman–Crippen MR) is 184 cm³/mol. The van der Waals surface area contributed by atoms with Crippen LogP contribution in [0.5, 0.6) is 0 Å². The van der Waals surface area contributed by atoms with E-state index in [9.17, 15) is 10.2 Å². The lowest BCUT2D eigenvalue weighted by Gasteiger charge is -2.35. The molecule has 0 heterocycles. The Bertz CT molecular complexity index is 1190. The molecule has 228 valence electrons. The Kier molecular flexibility index (Phi) is 13.5. The predicted octanol–water partition coefficient (Wildman–Crippen LogP) is 10.5. The molecule has 0 fully saturated rings. The van der Waals surface area contributed by atoms with Gasteiger partial charge in [0.25, 0.3) is 0 Å². The first kappa shape index (κ1) is 35.3. The van der Waals surface area contributed by atoms with Crippen molar-refractivity contribution in [2.75, 3.05) is 0 Å². The van der Waals surface area contributed by atoms with Crippen LogP contribution >= 0.6 is 0 Å². The summed E-state index contributed by atoms with van der Waals surface area (Å²) in [6, 6.07) is 0. The van der Waals surface area contributed by atoms with Crippen molar-refractivity contribution in [1.82, 2.24) is 0 Å². The minimum Gasteiger partial charge on any atom is -0.389 e. The van der Waals surface area contributed by atoms with Gasteiger partial charge in [-0.05, 0) is 100 Å². The standard InChI is InChI=1S/C40H56O2/c1-29(17-13-19-31(3)21-23-35-33(5)37(41)25-27-39(35,7)8)15-11-12-16-30(2)18-14-20-32(4)22-24-36-34(6)38(42)26-28-40(36,9)10/h11-24,37-38,41-42H,25-28H2,1-10H3/b12-11+,17-13+,18-14+,23-21+,24-22+,29-15+,30-16+,31-19+,32-20+/t37-,38-/m1/s1. The Hall–Kier alpha value is -2.94. The van der Waals surface area contributed by atoms with E-state index in [0.717, 1.165) is 36.8 Å². The number of hydrogen-bond acceptors (Lipinski definition) is 2. The summed E-state index contributed by atoms with van der Waals surface area (Å²) < 4.78 is 0. The fourth-order valence-electron chi connectivity index (χ4n) is 5.61. The number of rotatable bonds is 10. The van der Waals surface area contributed by atoms with E-state index in [1.807, 2.05) is 0 Å². The van der Waals surface area contributed by atoms with Crippen LogP contribution in [0.2, 0.25) is 0 Å². The van der Waals surface area contributed by atoms with Gasteiger partial charge in [0.15, 0.2) is 0 Å². The highest BCUT2D eigenvalue weighted by Crippen LogP contribution is 2.42. The summed E-state index contributed by atoms with van der Waals surface area (Å²) in [5.41, 5.74) is 9.65. The fraction of sp³-hybridized carbons (Fsp3) is 0.450. The van der Waals surface area contributed by atoms with Crippen LogP contribution in [0.3, 0.4) is 0 Å². The molecule has 2 aliphatic rings. The summed E-state index contributed by atoms with van der Waals surface area (Å²) in [5, 5.41) is 20.5. The zero-order valence-corrected chi connectivity index (χ0v) is 28.0. The molecular weight excluding hydrogens is 512 g/mol. The smallest absolute Gasteiger partial charge is 0.0753 e. The maximum Gasteiger partial charge on any atom is 0.0753 e. The summed E-state index contributed by atoms with van der Waals surface area (Å²) in [6.07, 6.45) is 32.8. The van der Waals surface area contributed by atoms with Gasteiger partial charge in [0.2, 0.25) is 0 Å². The molecule has 2 nitrogen and oxygen atoms in total. The van der Waals surface area contributed by atoms with Crippen molar-refractivity contribution in [1.29, 1.82) is 0 Å². The van der Waals surface area contributed by atoms with Crippen molar-refractivity contribution in [2.45, 2.75) is 107 Å². The average molecular weight is 569 g/mol. The number of aliphatic hydroxyl groups is 2. The second-order valence-electron chi connectivity index (χ2n) is 13.5. The molecule has 0 aliphatic heterocycles. The van der Waals surface area contributed by atoms with Crippen LogP contribution in [0.4, 0.5) is 0 Å². The lowest BCUT2D eigenvalue weighted by Crippen LogP contribution is -2.27. The summed E-state index contributed by atoms with van der Waals surface area (Å²) in [6.45, 7) is 21.6. The number of aliphatic hydroxyl groups excluding tert-OH is 2. The maximum atomic E-state index is 10.3. The second kappa shape index (κ2) is 16.1. The van der Waals surface area contributed by atoms with Crippen molar-refractivity contribution in [3.63, 3.8) is 0 Å². The Morgan fingerprint density at radius 2 is 0.857 bits per heavy atom. The van der Waals surface area contributed by atoms with Gasteiger partial charge in [-0.1, -0.05) is 135 Å². The largest absolute Gasteiger partial charge is 0.389 e. The second-order valence-corrected chi connectivity index (χ2v) is 13.5. The van der Waals surface area contributed by atoms with E-state index >= 15 is 0 Å². The highest BCUT2D eigenvalue weighted by atomic mass is 16.3. The van der Waals surface area contributed by atoms with E-state index in [-0.39, 0.29) is 23.0 Å². The van der Waals surface area contributed by atoms with Crippen LogP contribution < -0.4 is 0 Å². The molecule has 0 radical (unpaired) electrons. The third-order valence-electron chi connectivity index (χ3n) is 8.68. The van der Waals surface area contributed by atoms with Gasteiger partial charge in [-0.25, -0.2) is 0 Å². The summed E-state index contributed by atoms with van der Waals surface area (Å²) >= 11 is 0.